The van der Waals surface area contributed by atoms with Crippen LogP contribution in [0.1, 0.15) is 28.3 Å². The van der Waals surface area contributed by atoms with Crippen LogP contribution in [0.15, 0.2) is 41.1 Å². The number of aryl methyl sites for hydroxylation is 1. The van der Waals surface area contributed by atoms with Gasteiger partial charge < -0.3 is 27.2 Å². The number of nitrogens with zero attached hydrogens (tertiary/aromatic N) is 1. The number of halogens is 1. The minimum absolute atomic E-state index is 0. The molecule has 2 aromatic rings. The summed E-state index contributed by atoms with van der Waals surface area (Å²) in [6.45, 7) is 2.62. The number of furan rings is 1. The zero-order chi connectivity index (χ0) is 15.2. The van der Waals surface area contributed by atoms with Gasteiger partial charge >= 0.3 is 5.97 Å². The number of hydrogen-bond donors (Lipinski definition) is 2. The Morgan fingerprint density at radius 2 is 1.91 bits per heavy atom. The van der Waals surface area contributed by atoms with E-state index in [9.17, 15) is 9.59 Å². The van der Waals surface area contributed by atoms with Crippen molar-refractivity contribution < 1.29 is 36.1 Å². The van der Waals surface area contributed by atoms with Crippen molar-refractivity contribution in [1.82, 2.24) is 5.32 Å². The van der Waals surface area contributed by atoms with Crippen molar-refractivity contribution in [3.8, 4) is 0 Å². The van der Waals surface area contributed by atoms with E-state index in [4.69, 9.17) is 9.52 Å². The van der Waals surface area contributed by atoms with Crippen LogP contribution in [0, 0.1) is 6.92 Å². The smallest absolute Gasteiger partial charge is 0.305 e. The van der Waals surface area contributed by atoms with E-state index in [-0.39, 0.29) is 31.1 Å². The molecule has 118 valence electrons. The zero-order valence-electron chi connectivity index (χ0n) is 12.1. The Bertz CT molecular complexity index is 637. The third kappa shape index (κ3) is 5.21. The van der Waals surface area contributed by atoms with Crippen LogP contribution in [0.3, 0.4) is 0 Å². The van der Waals surface area contributed by atoms with E-state index in [1.807, 2.05) is 36.0 Å². The average Bonchev–Trinajstić information content (AvgIpc) is 2.89. The summed E-state index contributed by atoms with van der Waals surface area (Å²) in [6.07, 6.45) is 3.76. The summed E-state index contributed by atoms with van der Waals surface area (Å²) in [7, 11) is 0. The van der Waals surface area contributed by atoms with Gasteiger partial charge in [0.25, 0.3) is 5.91 Å². The molecule has 0 aliphatic carbocycles. The molecule has 0 aromatic carbocycles. The third-order valence-electron chi connectivity index (χ3n) is 2.91. The lowest BCUT2D eigenvalue weighted by Gasteiger charge is -2.00. The van der Waals surface area contributed by atoms with Crippen molar-refractivity contribution >= 4 is 11.9 Å². The molecule has 2 heterocycles. The van der Waals surface area contributed by atoms with Crippen LogP contribution in [-0.4, -0.2) is 23.5 Å². The minimum Gasteiger partial charge on any atom is -1.00 e. The topological polar surface area (TPSA) is 83.4 Å². The maximum atomic E-state index is 11.7. The molecule has 0 unspecified atom stereocenters. The molecule has 0 aliphatic rings. The summed E-state index contributed by atoms with van der Waals surface area (Å²) in [5.74, 6) is -0.516. The van der Waals surface area contributed by atoms with Crippen molar-refractivity contribution in [2.75, 3.05) is 6.54 Å². The predicted octanol–water partition coefficient (Wildman–Crippen LogP) is -1.87. The molecule has 0 bridgehead atoms. The first-order valence-corrected chi connectivity index (χ1v) is 6.59. The fourth-order valence-electron chi connectivity index (χ4n) is 1.77. The molecule has 1 amide bonds. The zero-order valence-corrected chi connectivity index (χ0v) is 12.8. The molecule has 7 heteroatoms. The van der Waals surface area contributed by atoms with Gasteiger partial charge in [-0.1, -0.05) is 0 Å². The van der Waals surface area contributed by atoms with Crippen LogP contribution in [0.25, 0.3) is 0 Å². The first kappa shape index (κ1) is 17.7. The van der Waals surface area contributed by atoms with Crippen molar-refractivity contribution in [3.05, 3.63) is 53.7 Å². The van der Waals surface area contributed by atoms with Crippen LogP contribution in [-0.2, 0) is 11.3 Å². The highest BCUT2D eigenvalue weighted by Gasteiger charge is 2.13. The third-order valence-corrected chi connectivity index (χ3v) is 2.91. The second kappa shape index (κ2) is 8.19. The molecule has 2 rings (SSSR count). The summed E-state index contributed by atoms with van der Waals surface area (Å²) < 4.78 is 7.40. The van der Waals surface area contributed by atoms with Gasteiger partial charge in [-0.05, 0) is 24.6 Å². The monoisotopic (exact) mass is 324 g/mol. The van der Waals surface area contributed by atoms with Crippen LogP contribution >= 0.6 is 0 Å². The van der Waals surface area contributed by atoms with E-state index < -0.39 is 11.9 Å². The molecule has 0 fully saturated rings. The first-order valence-electron chi connectivity index (χ1n) is 6.59. The van der Waals surface area contributed by atoms with Crippen molar-refractivity contribution in [1.29, 1.82) is 0 Å². The number of aromatic nitrogens is 1. The quantitative estimate of drug-likeness (QED) is 0.610. The number of carbonyl (C=O) groups excluding carboxylic acids is 1. The van der Waals surface area contributed by atoms with Gasteiger partial charge in [-0.3, -0.25) is 9.59 Å². The Kier molecular flexibility index (Phi) is 6.59. The number of carboxylic acid groups (broad SMARTS) is 1. The largest absolute Gasteiger partial charge is 1.00 e. The molecule has 0 spiro atoms. The van der Waals surface area contributed by atoms with E-state index in [1.54, 1.807) is 12.1 Å². The average molecular weight is 325 g/mol. The van der Waals surface area contributed by atoms with Gasteiger partial charge in [0, 0.05) is 18.7 Å². The first-order chi connectivity index (χ1) is 10.0. The lowest BCUT2D eigenvalue weighted by molar-refractivity contribution is -0.690. The van der Waals surface area contributed by atoms with E-state index in [0.717, 1.165) is 0 Å². The summed E-state index contributed by atoms with van der Waals surface area (Å²) in [5, 5.41) is 11.0. The van der Waals surface area contributed by atoms with Gasteiger partial charge in [-0.15, -0.1) is 0 Å². The molecular formula is C15H17ClN2O4. The molecule has 6 nitrogen and oxygen atoms in total. The Hall–Kier alpha value is -2.34. The SMILES string of the molecule is Cc1cc[n+](Cc2ccc(C(=O)NCCC(=O)O)o2)cc1.[Cl-]. The molecule has 0 aliphatic heterocycles. The van der Waals surface area contributed by atoms with Crippen molar-refractivity contribution in [2.24, 2.45) is 0 Å². The highest BCUT2D eigenvalue weighted by Crippen LogP contribution is 2.07. The summed E-state index contributed by atoms with van der Waals surface area (Å²) >= 11 is 0. The molecule has 22 heavy (non-hydrogen) atoms. The number of amides is 1. The Morgan fingerprint density at radius 1 is 1.23 bits per heavy atom. The van der Waals surface area contributed by atoms with Crippen molar-refractivity contribution in [3.63, 3.8) is 0 Å². The Labute approximate surface area is 134 Å². The fourth-order valence-corrected chi connectivity index (χ4v) is 1.77. The molecular weight excluding hydrogens is 308 g/mol. The van der Waals surface area contributed by atoms with Crippen LogP contribution < -0.4 is 22.3 Å². The number of carboxylic acids is 1. The molecule has 0 saturated carbocycles. The van der Waals surface area contributed by atoms with Gasteiger partial charge in [-0.25, -0.2) is 0 Å². The maximum Gasteiger partial charge on any atom is 0.305 e. The van der Waals surface area contributed by atoms with E-state index in [0.29, 0.717) is 12.3 Å². The molecule has 2 aromatic heterocycles. The standard InChI is InChI=1S/C15H16N2O4.ClH/c1-11-5-8-17(9-6-11)10-12-2-3-13(21-12)15(20)16-7-4-14(18)19;/h2-3,5-6,8-9H,4,7,10H2,1H3,(H-,16,18,19,20);1H. The van der Waals surface area contributed by atoms with Gasteiger partial charge in [-0.2, -0.15) is 4.57 Å². The number of hydrogen-bond acceptors (Lipinski definition) is 3. The predicted molar refractivity (Wildman–Crippen MR) is 73.8 cm³/mol. The van der Waals surface area contributed by atoms with E-state index in [1.165, 1.54) is 5.56 Å². The van der Waals surface area contributed by atoms with Gasteiger partial charge in [0.15, 0.2) is 23.9 Å². The van der Waals surface area contributed by atoms with Gasteiger partial charge in [0.2, 0.25) is 6.54 Å². The number of rotatable bonds is 6. The van der Waals surface area contributed by atoms with Crippen LogP contribution in [0.2, 0.25) is 0 Å². The van der Waals surface area contributed by atoms with E-state index in [2.05, 4.69) is 5.32 Å². The number of carbonyl (C=O) groups is 2. The molecule has 0 atom stereocenters. The lowest BCUT2D eigenvalue weighted by Crippen LogP contribution is -3.00. The number of nitrogens with one attached hydrogen (secondary N) is 1. The van der Waals surface area contributed by atoms with Gasteiger partial charge in [0.05, 0.1) is 6.42 Å². The lowest BCUT2D eigenvalue weighted by atomic mass is 10.3. The van der Waals surface area contributed by atoms with Crippen LogP contribution in [0.5, 0.6) is 0 Å². The normalized spacial score (nSPS) is 9.86. The highest BCUT2D eigenvalue weighted by atomic mass is 35.5. The Balaban J connectivity index is 0.00000242. The summed E-state index contributed by atoms with van der Waals surface area (Å²) in [4.78, 5) is 22.1. The minimum atomic E-state index is -0.953. The highest BCUT2D eigenvalue weighted by molar-refractivity contribution is 5.91. The molecule has 0 radical (unpaired) electrons. The summed E-state index contributed by atoms with van der Waals surface area (Å²) in [6, 6.07) is 7.30. The summed E-state index contributed by atoms with van der Waals surface area (Å²) in [5.41, 5.74) is 1.17. The van der Waals surface area contributed by atoms with E-state index >= 15 is 0 Å². The Morgan fingerprint density at radius 3 is 2.55 bits per heavy atom. The molecule has 2 N–H and O–H groups in total. The van der Waals surface area contributed by atoms with Crippen molar-refractivity contribution in [2.45, 2.75) is 19.9 Å². The van der Waals surface area contributed by atoms with Gasteiger partial charge in [0.1, 0.15) is 0 Å². The second-order valence-electron chi connectivity index (χ2n) is 4.71. The molecule has 0 saturated heterocycles. The maximum absolute atomic E-state index is 11.7. The number of aliphatic carboxylic acids is 1. The second-order valence-corrected chi connectivity index (χ2v) is 4.71. The van der Waals surface area contributed by atoms with Crippen LogP contribution in [0.4, 0.5) is 0 Å². The fraction of sp³-hybridized carbons (Fsp3) is 0.267. The number of pyridine rings is 1.